The molecular formula is C26H25BrN2O7S. The molecule has 0 aliphatic carbocycles. The number of aromatic nitrogens is 1. The summed E-state index contributed by atoms with van der Waals surface area (Å²) in [5, 5.41) is 10.6. The topological polar surface area (TPSA) is 109 Å². The summed E-state index contributed by atoms with van der Waals surface area (Å²) in [6.45, 7) is 3.57. The second-order valence-electron chi connectivity index (χ2n) is 7.96. The van der Waals surface area contributed by atoms with Crippen molar-refractivity contribution < 1.29 is 28.8 Å². The number of fused-ring (bicyclic) bond motifs is 1. The molecule has 37 heavy (non-hydrogen) atoms. The van der Waals surface area contributed by atoms with E-state index >= 15 is 0 Å². The van der Waals surface area contributed by atoms with E-state index in [1.807, 2.05) is 0 Å². The number of methoxy groups -OCH3 is 3. The molecule has 1 aliphatic heterocycles. The number of halogens is 1. The third-order valence-corrected chi connectivity index (χ3v) is 7.26. The molecular weight excluding hydrogens is 564 g/mol. The molecule has 0 amide bonds. The summed E-state index contributed by atoms with van der Waals surface area (Å²) < 4.78 is 24.0. The van der Waals surface area contributed by atoms with Crippen molar-refractivity contribution >= 4 is 39.3 Å². The summed E-state index contributed by atoms with van der Waals surface area (Å²) in [6.07, 6.45) is 1.57. The molecule has 194 valence electrons. The van der Waals surface area contributed by atoms with Gasteiger partial charge in [-0.3, -0.25) is 9.36 Å². The van der Waals surface area contributed by atoms with Crippen molar-refractivity contribution in [3.05, 3.63) is 76.9 Å². The number of carbonyl (C=O) groups is 1. The molecule has 1 aromatic heterocycles. The molecule has 0 fully saturated rings. The quantitative estimate of drug-likeness (QED) is 0.422. The van der Waals surface area contributed by atoms with Gasteiger partial charge in [0.1, 0.15) is 17.5 Å². The maximum atomic E-state index is 13.8. The first-order valence-corrected chi connectivity index (χ1v) is 12.8. The molecule has 3 aromatic rings. The smallest absolute Gasteiger partial charge is 0.338 e. The highest BCUT2D eigenvalue weighted by Gasteiger charge is 2.35. The zero-order valence-electron chi connectivity index (χ0n) is 20.8. The van der Waals surface area contributed by atoms with Crippen molar-refractivity contribution in [3.63, 3.8) is 0 Å². The Hall–Kier alpha value is -3.57. The van der Waals surface area contributed by atoms with Gasteiger partial charge in [0.05, 0.1) is 43.7 Å². The molecule has 0 radical (unpaired) electrons. The molecule has 1 atom stereocenters. The Morgan fingerprint density at radius 3 is 2.54 bits per heavy atom. The Bertz CT molecular complexity index is 1590. The van der Waals surface area contributed by atoms with Gasteiger partial charge in [0.25, 0.3) is 5.56 Å². The largest absolute Gasteiger partial charge is 0.504 e. The zero-order valence-corrected chi connectivity index (χ0v) is 23.2. The van der Waals surface area contributed by atoms with Crippen LogP contribution >= 0.6 is 27.3 Å². The van der Waals surface area contributed by atoms with Crippen molar-refractivity contribution in [3.8, 4) is 23.0 Å². The third-order valence-electron chi connectivity index (χ3n) is 5.82. The number of benzene rings is 2. The molecule has 11 heteroatoms. The molecule has 0 saturated carbocycles. The lowest BCUT2D eigenvalue weighted by Gasteiger charge is -2.26. The molecule has 1 N–H and O–H groups in total. The summed E-state index contributed by atoms with van der Waals surface area (Å²) in [5.74, 6) is 0.564. The molecule has 0 spiro atoms. The van der Waals surface area contributed by atoms with Crippen LogP contribution in [0.3, 0.4) is 0 Å². The summed E-state index contributed by atoms with van der Waals surface area (Å²) in [7, 11) is 4.49. The van der Waals surface area contributed by atoms with E-state index in [4.69, 9.17) is 18.9 Å². The number of ether oxygens (including phenoxy) is 4. The highest BCUT2D eigenvalue weighted by Crippen LogP contribution is 2.38. The van der Waals surface area contributed by atoms with E-state index in [9.17, 15) is 14.7 Å². The number of allylic oxidation sites excluding steroid dienone is 1. The SMILES string of the molecule is CCOC(=O)C1=C(C)N=c2s/c(=C\c3cc(Br)cc(OC)c3O)c(=O)n2C1c1cc(OC)ccc1OC. The number of nitrogens with zero attached hydrogens (tertiary/aromatic N) is 2. The van der Waals surface area contributed by atoms with Crippen LogP contribution in [0.4, 0.5) is 0 Å². The van der Waals surface area contributed by atoms with Gasteiger partial charge in [0.2, 0.25) is 0 Å². The number of phenols is 1. The van der Waals surface area contributed by atoms with Crippen LogP contribution < -0.4 is 29.1 Å². The second-order valence-corrected chi connectivity index (χ2v) is 9.88. The maximum absolute atomic E-state index is 13.8. The van der Waals surface area contributed by atoms with Gasteiger partial charge in [0, 0.05) is 15.6 Å². The van der Waals surface area contributed by atoms with Crippen LogP contribution in [-0.4, -0.2) is 43.6 Å². The van der Waals surface area contributed by atoms with E-state index in [1.165, 1.54) is 25.9 Å². The van der Waals surface area contributed by atoms with Crippen molar-refractivity contribution in [1.82, 2.24) is 4.57 Å². The summed E-state index contributed by atoms with van der Waals surface area (Å²) in [6, 6.07) is 7.59. The number of thiazole rings is 1. The highest BCUT2D eigenvalue weighted by atomic mass is 79.9. The first kappa shape index (κ1) is 26.5. The summed E-state index contributed by atoms with van der Waals surface area (Å²) in [5.41, 5.74) is 1.17. The minimum atomic E-state index is -0.881. The van der Waals surface area contributed by atoms with E-state index in [0.717, 1.165) is 11.3 Å². The molecule has 0 saturated heterocycles. The Balaban J connectivity index is 2.03. The molecule has 4 rings (SSSR count). The predicted octanol–water partition coefficient (Wildman–Crippen LogP) is 3.29. The Morgan fingerprint density at radius 1 is 1.16 bits per heavy atom. The number of aromatic hydroxyl groups is 1. The van der Waals surface area contributed by atoms with E-state index < -0.39 is 17.6 Å². The van der Waals surface area contributed by atoms with Crippen LogP contribution in [0.5, 0.6) is 23.0 Å². The average molecular weight is 589 g/mol. The lowest BCUT2D eigenvalue weighted by atomic mass is 9.94. The van der Waals surface area contributed by atoms with Crippen LogP contribution in [0.2, 0.25) is 0 Å². The van der Waals surface area contributed by atoms with Crippen LogP contribution in [0.15, 0.2) is 55.9 Å². The number of hydrogen-bond acceptors (Lipinski definition) is 9. The van der Waals surface area contributed by atoms with Crippen LogP contribution in [-0.2, 0) is 9.53 Å². The molecule has 2 aromatic carbocycles. The zero-order chi connectivity index (χ0) is 26.9. The van der Waals surface area contributed by atoms with Gasteiger partial charge in [-0.2, -0.15) is 0 Å². The standard InChI is InChI=1S/C26H25BrN2O7S/c1-6-36-25(32)21-13(2)28-26-29(22(21)17-12-16(33-3)7-8-18(17)34-4)24(31)20(37-26)10-14-9-15(27)11-19(35-5)23(14)30/h7-12,22,30H,6H2,1-5H3/b20-10-. The monoisotopic (exact) mass is 588 g/mol. The first-order valence-electron chi connectivity index (χ1n) is 11.2. The van der Waals surface area contributed by atoms with Gasteiger partial charge in [-0.25, -0.2) is 9.79 Å². The van der Waals surface area contributed by atoms with Crippen molar-refractivity contribution in [2.45, 2.75) is 19.9 Å². The highest BCUT2D eigenvalue weighted by molar-refractivity contribution is 9.10. The second kappa shape index (κ2) is 10.8. The average Bonchev–Trinajstić information content (AvgIpc) is 3.18. The van der Waals surface area contributed by atoms with Crippen molar-refractivity contribution in [2.24, 2.45) is 4.99 Å². The van der Waals surface area contributed by atoms with E-state index in [2.05, 4.69) is 20.9 Å². The van der Waals surface area contributed by atoms with Gasteiger partial charge >= 0.3 is 5.97 Å². The molecule has 9 nitrogen and oxygen atoms in total. The van der Waals surface area contributed by atoms with Gasteiger partial charge in [0.15, 0.2) is 16.3 Å². The first-order chi connectivity index (χ1) is 17.7. The molecule has 2 heterocycles. The minimum absolute atomic E-state index is 0.106. The lowest BCUT2D eigenvalue weighted by molar-refractivity contribution is -0.139. The molecule has 1 unspecified atom stereocenters. The predicted molar refractivity (Wildman–Crippen MR) is 142 cm³/mol. The number of carbonyl (C=O) groups excluding carboxylic acids is 1. The Kier molecular flexibility index (Phi) is 7.74. The van der Waals surface area contributed by atoms with Crippen molar-refractivity contribution in [1.29, 1.82) is 0 Å². The number of hydrogen-bond donors (Lipinski definition) is 1. The number of rotatable bonds is 7. The molecule has 0 bridgehead atoms. The fraction of sp³-hybridized carbons (Fsp3) is 0.269. The van der Waals surface area contributed by atoms with Gasteiger partial charge in [-0.1, -0.05) is 27.3 Å². The van der Waals surface area contributed by atoms with E-state index in [-0.39, 0.29) is 23.7 Å². The number of esters is 1. The molecule has 1 aliphatic rings. The third kappa shape index (κ3) is 4.88. The van der Waals surface area contributed by atoms with E-state index in [0.29, 0.717) is 42.1 Å². The van der Waals surface area contributed by atoms with Gasteiger partial charge in [-0.05, 0) is 50.3 Å². The normalized spacial score (nSPS) is 15.2. The maximum Gasteiger partial charge on any atom is 0.338 e. The van der Waals surface area contributed by atoms with Crippen molar-refractivity contribution in [2.75, 3.05) is 27.9 Å². The Morgan fingerprint density at radius 2 is 1.89 bits per heavy atom. The fourth-order valence-corrected chi connectivity index (χ4v) is 5.63. The Labute approximate surface area is 225 Å². The van der Waals surface area contributed by atoms with Crippen LogP contribution in [0.1, 0.15) is 31.0 Å². The van der Waals surface area contributed by atoms with Gasteiger partial charge < -0.3 is 24.1 Å². The van der Waals surface area contributed by atoms with E-state index in [1.54, 1.807) is 50.3 Å². The fourth-order valence-electron chi connectivity index (χ4n) is 4.14. The minimum Gasteiger partial charge on any atom is -0.504 e. The van der Waals surface area contributed by atoms with Crippen LogP contribution in [0, 0.1) is 0 Å². The lowest BCUT2D eigenvalue weighted by Crippen LogP contribution is -2.40. The van der Waals surface area contributed by atoms with Crippen LogP contribution in [0.25, 0.3) is 6.08 Å². The van der Waals surface area contributed by atoms with Gasteiger partial charge in [-0.15, -0.1) is 0 Å². The summed E-state index contributed by atoms with van der Waals surface area (Å²) in [4.78, 5) is 31.9. The summed E-state index contributed by atoms with van der Waals surface area (Å²) >= 11 is 4.54. The number of phenolic OH excluding ortho intramolecular Hbond substituents is 1.